The maximum absolute atomic E-state index is 12.6. The third-order valence-electron chi connectivity index (χ3n) is 10.4. The topological polar surface area (TPSA) is 395 Å². The number of imidazole rings is 1. The summed E-state index contributed by atoms with van der Waals surface area (Å²) in [6.45, 7) is 2.15. The number of carbonyl (C=O) groups is 3. The van der Waals surface area contributed by atoms with Crippen molar-refractivity contribution in [2.24, 2.45) is 5.41 Å². The molecule has 1 aliphatic rings. The Morgan fingerprint density at radius 3 is 2.30 bits per heavy atom. The number of amides is 2. The molecule has 0 saturated carbocycles. The predicted octanol–water partition coefficient (Wildman–Crippen LogP) is 1.48. The predicted molar refractivity (Wildman–Crippen MR) is 248 cm³/mol. The number of rotatable bonds is 34. The number of nitrogens with zero attached hydrogens (tertiary/aromatic N) is 4. The van der Waals surface area contributed by atoms with Crippen molar-refractivity contribution in [3.05, 3.63) is 49.1 Å². The second kappa shape index (κ2) is 30.1. The zero-order valence-electron chi connectivity index (χ0n) is 39.2. The van der Waals surface area contributed by atoms with Crippen LogP contribution in [-0.4, -0.2) is 114 Å². The highest BCUT2D eigenvalue weighted by Crippen LogP contribution is 2.56. The van der Waals surface area contributed by atoms with E-state index in [1.807, 2.05) is 6.08 Å². The lowest BCUT2D eigenvalue weighted by Crippen LogP contribution is -2.46. The monoisotopic (exact) mass is 1070 g/mol. The van der Waals surface area contributed by atoms with E-state index < -0.39 is 84.6 Å². The molecule has 1 saturated heterocycles. The van der Waals surface area contributed by atoms with Gasteiger partial charge in [0, 0.05) is 30.7 Å². The summed E-state index contributed by atoms with van der Waals surface area (Å²) in [7, 11) is -17.6. The fourth-order valence-corrected chi connectivity index (χ4v) is 9.94. The molecular formula is C41H64N7O18P3S-4. The fraction of sp³-hybridized carbons (Fsp3) is 0.659. The molecule has 3 heterocycles. The Labute approximate surface area is 410 Å². The number of nitrogens with two attached hydrogens (primary N) is 1. The van der Waals surface area contributed by atoms with Gasteiger partial charge in [0.25, 0.3) is 15.6 Å². The summed E-state index contributed by atoms with van der Waals surface area (Å²) in [5.41, 5.74) is 4.07. The van der Waals surface area contributed by atoms with Crippen molar-refractivity contribution in [3.63, 3.8) is 0 Å². The van der Waals surface area contributed by atoms with Gasteiger partial charge in [-0.15, -0.1) is 0 Å². The molecule has 1 fully saturated rings. The van der Waals surface area contributed by atoms with Crippen molar-refractivity contribution >= 4 is 69.1 Å². The molecule has 1 aliphatic heterocycles. The summed E-state index contributed by atoms with van der Waals surface area (Å²) < 4.78 is 60.8. The molecular weight excluding hydrogens is 1000 g/mol. The molecule has 0 aliphatic carbocycles. The van der Waals surface area contributed by atoms with Crippen LogP contribution < -0.4 is 35.9 Å². The Kier molecular flexibility index (Phi) is 26.2. The number of hydrogen-bond acceptors (Lipinski definition) is 23. The number of fused-ring (bicyclic) bond motifs is 1. The number of phosphoric ester groups is 3. The number of allylic oxidation sites excluding steroid dienone is 4. The summed E-state index contributed by atoms with van der Waals surface area (Å²) in [5, 5.41) is 36.2. The zero-order chi connectivity index (χ0) is 52.0. The van der Waals surface area contributed by atoms with E-state index in [0.717, 1.165) is 93.2 Å². The number of anilines is 1. The Balaban J connectivity index is 1.29. The maximum Gasteiger partial charge on any atom is 0.274 e. The first-order valence-corrected chi connectivity index (χ1v) is 27.9. The second-order valence-corrected chi connectivity index (χ2v) is 21.9. The van der Waals surface area contributed by atoms with Crippen LogP contribution in [0.1, 0.15) is 104 Å². The minimum atomic E-state index is -5.93. The van der Waals surface area contributed by atoms with Gasteiger partial charge in [-0.3, -0.25) is 28.1 Å². The summed E-state index contributed by atoms with van der Waals surface area (Å²) in [6, 6.07) is 0. The van der Waals surface area contributed by atoms with Gasteiger partial charge in [-0.25, -0.2) is 19.3 Å². The zero-order valence-corrected chi connectivity index (χ0v) is 42.7. The number of aliphatic hydroxyl groups is 3. The van der Waals surface area contributed by atoms with Crippen LogP contribution in [0.4, 0.5) is 5.82 Å². The quantitative estimate of drug-likeness (QED) is 0.0250. The normalized spacial score (nSPS) is 20.5. The van der Waals surface area contributed by atoms with Crippen molar-refractivity contribution < 1.29 is 85.6 Å². The summed E-state index contributed by atoms with van der Waals surface area (Å²) in [5.74, 6) is -1.26. The van der Waals surface area contributed by atoms with Gasteiger partial charge in [-0.1, -0.05) is 82.2 Å². The number of nitrogens with one attached hydrogen (secondary N) is 2. The molecule has 7 N–H and O–H groups in total. The highest BCUT2D eigenvalue weighted by atomic mass is 32.2. The Hall–Kier alpha value is -3.26. The molecule has 25 nitrogen and oxygen atoms in total. The van der Waals surface area contributed by atoms with E-state index in [-0.39, 0.29) is 47.7 Å². The number of aromatic nitrogens is 4. The van der Waals surface area contributed by atoms with Crippen molar-refractivity contribution in [3.8, 4) is 0 Å². The standard InChI is InChI=1S/C41H68N7O18P3S/c1-4-5-6-15-18-29(49)19-16-13-11-9-7-8-10-12-14-17-20-32(51)70-24-23-43-31(50)21-22-44-39(54)36(53)41(2,3)26-63-69(60,61)66-68(58,59)62-25-30-35(65-67(55,56)57)34(52)40(64-30)48-28-47-33-37(42)45-27-46-38(33)48/h5-6,13,16-17,20,27-30,34-36,40,49,52-53H,4,7-12,14-15,18-19,21-26H2,1-3H3,(H,43,50)(H,44,54)(H,58,59)(H,60,61)(H2,42,45,46)(H2,55,56,57)/p-4/b6-5-,16-13-,20-17+/t29-,30-,34-,35-,36+,40-/m1/s1. The van der Waals surface area contributed by atoms with Crippen molar-refractivity contribution in [2.75, 3.05) is 37.8 Å². The molecule has 0 radical (unpaired) electrons. The fourth-order valence-electron chi connectivity index (χ4n) is 6.60. The number of nitrogen functional groups attached to an aromatic ring is 1. The number of hydrogen-bond donors (Lipinski definition) is 6. The molecule has 2 aromatic rings. The van der Waals surface area contributed by atoms with E-state index in [1.165, 1.54) is 19.9 Å². The van der Waals surface area contributed by atoms with Crippen LogP contribution in [0.25, 0.3) is 11.2 Å². The number of aliphatic hydroxyl groups excluding tert-OH is 3. The van der Waals surface area contributed by atoms with Crippen molar-refractivity contribution in [1.29, 1.82) is 0 Å². The molecule has 70 heavy (non-hydrogen) atoms. The van der Waals surface area contributed by atoms with E-state index in [1.54, 1.807) is 0 Å². The van der Waals surface area contributed by atoms with Crippen molar-refractivity contribution in [1.82, 2.24) is 30.2 Å². The van der Waals surface area contributed by atoms with Gasteiger partial charge in [-0.05, 0) is 57.4 Å². The van der Waals surface area contributed by atoms with Crippen LogP contribution >= 0.6 is 35.2 Å². The first-order chi connectivity index (χ1) is 32.9. The van der Waals surface area contributed by atoms with Gasteiger partial charge < -0.3 is 74.1 Å². The van der Waals surface area contributed by atoms with E-state index in [4.69, 9.17) is 10.5 Å². The number of phosphoric acid groups is 3. The van der Waals surface area contributed by atoms with Crippen molar-refractivity contribution in [2.45, 2.75) is 135 Å². The first kappa shape index (κ1) is 61.0. The van der Waals surface area contributed by atoms with Gasteiger partial charge in [0.05, 0.1) is 33.5 Å². The lowest BCUT2D eigenvalue weighted by Gasteiger charge is -2.36. The van der Waals surface area contributed by atoms with E-state index in [0.29, 0.717) is 12.2 Å². The second-order valence-electron chi connectivity index (χ2n) is 16.7. The molecule has 3 rings (SSSR count). The summed E-state index contributed by atoms with van der Waals surface area (Å²) in [4.78, 5) is 96.8. The minimum absolute atomic E-state index is 0.0235. The minimum Gasteiger partial charge on any atom is -0.790 e. The van der Waals surface area contributed by atoms with Crippen LogP contribution in [0.15, 0.2) is 49.1 Å². The van der Waals surface area contributed by atoms with E-state index >= 15 is 0 Å². The van der Waals surface area contributed by atoms with Gasteiger partial charge in [0.2, 0.25) is 16.9 Å². The smallest absolute Gasteiger partial charge is 0.274 e. The number of unbranched alkanes of at least 4 members (excludes halogenated alkanes) is 6. The molecule has 0 aromatic carbocycles. The first-order valence-electron chi connectivity index (χ1n) is 22.6. The van der Waals surface area contributed by atoms with Crippen LogP contribution in [0.2, 0.25) is 0 Å². The average Bonchev–Trinajstić information content (AvgIpc) is 3.85. The SMILES string of the molecule is CC/C=C\CC[C@@H](O)C/C=C\CCCCCCC/C=C/C(=O)SCCNC(=O)CCNC(=O)[C@H](O)C(C)(C)COP(=O)([O-])OP(=O)([O-])OC[C@H]1O[C@@H](n2cnc3c(N)ncnc32)[C@H](O)[C@@H]1OP(=O)([O-])[O-]. The largest absolute Gasteiger partial charge is 0.790 e. The van der Waals surface area contributed by atoms with E-state index in [9.17, 15) is 63.0 Å². The third-order valence-corrected chi connectivity index (χ3v) is 14.2. The van der Waals surface area contributed by atoms with E-state index in [2.05, 4.69) is 74.7 Å². The molecule has 2 amide bonds. The van der Waals surface area contributed by atoms with Gasteiger partial charge in [0.15, 0.2) is 17.7 Å². The van der Waals surface area contributed by atoms with Gasteiger partial charge in [0.1, 0.15) is 36.3 Å². The van der Waals surface area contributed by atoms with Crippen LogP contribution in [0.3, 0.4) is 0 Å². The molecule has 0 spiro atoms. The third kappa shape index (κ3) is 22.7. The maximum atomic E-state index is 12.6. The molecule has 2 aromatic heterocycles. The molecule has 29 heteroatoms. The Morgan fingerprint density at radius 2 is 1.60 bits per heavy atom. The molecule has 0 bridgehead atoms. The average molecular weight is 1070 g/mol. The highest BCUT2D eigenvalue weighted by Gasteiger charge is 2.47. The Bertz CT molecular complexity index is 2210. The molecule has 396 valence electrons. The van der Waals surface area contributed by atoms with Crippen LogP contribution in [0, 0.1) is 5.41 Å². The van der Waals surface area contributed by atoms with Crippen LogP contribution in [-0.2, 0) is 50.7 Å². The number of carbonyl (C=O) groups excluding carboxylic acids is 3. The summed E-state index contributed by atoms with van der Waals surface area (Å²) >= 11 is 1.04. The van der Waals surface area contributed by atoms with Gasteiger partial charge in [-0.2, -0.15) is 0 Å². The molecule has 8 atom stereocenters. The number of ether oxygens (including phenoxy) is 1. The Morgan fingerprint density at radius 1 is 0.929 bits per heavy atom. The van der Waals surface area contributed by atoms with Gasteiger partial charge >= 0.3 is 0 Å². The molecule has 2 unspecified atom stereocenters. The lowest BCUT2D eigenvalue weighted by molar-refractivity contribution is -0.347. The summed E-state index contributed by atoms with van der Waals surface area (Å²) in [6.07, 6.45) is 14.3. The van der Waals surface area contributed by atoms with Crippen LogP contribution in [0.5, 0.6) is 0 Å². The highest BCUT2D eigenvalue weighted by molar-refractivity contribution is 8.14. The lowest BCUT2D eigenvalue weighted by atomic mass is 9.87. The number of thioether (sulfide) groups is 1.